The van der Waals surface area contributed by atoms with Gasteiger partial charge < -0.3 is 0 Å². The van der Waals surface area contributed by atoms with Crippen LogP contribution in [0.3, 0.4) is 0 Å². The first-order valence-electron chi connectivity index (χ1n) is 16.3. The molecule has 1 aromatic heterocycles. The van der Waals surface area contributed by atoms with Crippen LogP contribution in [0.2, 0.25) is 31.4 Å². The summed E-state index contributed by atoms with van der Waals surface area (Å²) in [7, 11) is -1.95. The van der Waals surface area contributed by atoms with E-state index >= 15 is 0 Å². The first kappa shape index (κ1) is 34.6. The summed E-state index contributed by atoms with van der Waals surface area (Å²) in [5, 5.41) is 0.169. The van der Waals surface area contributed by atoms with Gasteiger partial charge in [-0.2, -0.15) is 0 Å². The van der Waals surface area contributed by atoms with Crippen LogP contribution >= 0.6 is 0 Å². The zero-order valence-electron chi connectivity index (χ0n) is 26.9. The summed E-state index contributed by atoms with van der Waals surface area (Å²) in [5.41, 5.74) is 1.45. The zero-order valence-corrected chi connectivity index (χ0v) is 30.8. The second-order valence-corrected chi connectivity index (χ2v) is 31.2. The molecule has 1 atom stereocenters. The van der Waals surface area contributed by atoms with E-state index in [0.29, 0.717) is 0 Å². The van der Waals surface area contributed by atoms with Gasteiger partial charge in [0.05, 0.1) is 0 Å². The molecule has 3 nitrogen and oxygen atoms in total. The summed E-state index contributed by atoms with van der Waals surface area (Å²) in [6.45, 7) is 18.8. The van der Waals surface area contributed by atoms with Gasteiger partial charge in [-0.05, 0) is 0 Å². The van der Waals surface area contributed by atoms with Crippen molar-refractivity contribution < 1.29 is 8.84 Å². The summed E-state index contributed by atoms with van der Waals surface area (Å²) >= 11 is -2.64. The van der Waals surface area contributed by atoms with Crippen molar-refractivity contribution in [2.45, 2.75) is 156 Å². The average molecular weight is 663 g/mol. The van der Waals surface area contributed by atoms with E-state index in [4.69, 9.17) is 13.8 Å². The van der Waals surface area contributed by atoms with Crippen molar-refractivity contribution in [3.05, 3.63) is 48.0 Å². The van der Waals surface area contributed by atoms with Gasteiger partial charge in [0.25, 0.3) is 0 Å². The van der Waals surface area contributed by atoms with E-state index in [2.05, 4.69) is 91.2 Å². The van der Waals surface area contributed by atoms with Crippen LogP contribution in [0.5, 0.6) is 0 Å². The van der Waals surface area contributed by atoms with Gasteiger partial charge in [0, 0.05) is 0 Å². The van der Waals surface area contributed by atoms with Gasteiger partial charge in [-0.25, -0.2) is 0 Å². The maximum absolute atomic E-state index is 7.04. The van der Waals surface area contributed by atoms with Gasteiger partial charge >= 0.3 is 230 Å². The van der Waals surface area contributed by atoms with E-state index in [1.165, 1.54) is 93.3 Å². The monoisotopic (exact) mass is 663 g/mol. The fourth-order valence-corrected chi connectivity index (χ4v) is 21.6. The molecule has 1 aromatic carbocycles. The molecule has 222 valence electrons. The number of hydrogen-bond acceptors (Lipinski definition) is 3. The van der Waals surface area contributed by atoms with Crippen LogP contribution in [0.15, 0.2) is 40.9 Å². The predicted octanol–water partition coefficient (Wildman–Crippen LogP) is 11.0. The van der Waals surface area contributed by atoms with E-state index in [-0.39, 0.29) is 11.1 Å². The molecule has 0 radical (unpaired) electrons. The van der Waals surface area contributed by atoms with E-state index in [1.54, 1.807) is 0 Å². The zero-order chi connectivity index (χ0) is 28.8. The standard InChI is InChI=1S/C22H34NO2Si.3C4H9.Sn/c1-22(2,3)26(4,5)25-20(21-23-17-18-24-21)16-12-7-6-9-13-19-14-10-8-11-15-19;3*1-3-4-2;/h8,10-11,14-15,17,20H,6-7,9,12-13,16H2,1-5H3;3*1,3-4H2,2H3;. The Labute approximate surface area is 247 Å². The van der Waals surface area contributed by atoms with Crippen LogP contribution in [0.25, 0.3) is 0 Å². The van der Waals surface area contributed by atoms with Gasteiger partial charge in [-0.1, -0.05) is 18.2 Å². The SMILES string of the molecule is CCC[CH2][Sn]([CH2]CCC)([CH2]CCC)[c]1cnc(C(CCCCCCc2ccccc2)O[Si](C)(C)C(C)(C)C)o1. The summed E-state index contributed by atoms with van der Waals surface area (Å²) < 4.78 is 19.5. The molecule has 0 bridgehead atoms. The Morgan fingerprint density at radius 1 is 0.821 bits per heavy atom. The first-order valence-corrected chi connectivity index (χ1v) is 26.7. The Hall–Kier alpha value is -0.594. The molecule has 0 spiro atoms. The Morgan fingerprint density at radius 2 is 1.38 bits per heavy atom. The second-order valence-electron chi connectivity index (χ2n) is 13.5. The van der Waals surface area contributed by atoms with Gasteiger partial charge in [-0.15, -0.1) is 0 Å². The number of nitrogens with zero attached hydrogens (tertiary/aromatic N) is 1. The number of oxazole rings is 1. The normalized spacial score (nSPS) is 13.6. The predicted molar refractivity (Wildman–Crippen MR) is 175 cm³/mol. The van der Waals surface area contributed by atoms with Crippen molar-refractivity contribution in [3.8, 4) is 0 Å². The summed E-state index contributed by atoms with van der Waals surface area (Å²) in [6, 6.07) is 10.9. The maximum atomic E-state index is 7.04. The van der Waals surface area contributed by atoms with E-state index < -0.39 is 26.7 Å². The van der Waals surface area contributed by atoms with E-state index in [9.17, 15) is 0 Å². The van der Waals surface area contributed by atoms with Crippen LogP contribution in [0, 0.1) is 0 Å². The van der Waals surface area contributed by atoms with Crippen LogP contribution in [0.1, 0.15) is 130 Å². The molecule has 0 aliphatic rings. The first-order chi connectivity index (χ1) is 18.6. The van der Waals surface area contributed by atoms with Crippen molar-refractivity contribution in [1.29, 1.82) is 0 Å². The van der Waals surface area contributed by atoms with Gasteiger partial charge in [0.2, 0.25) is 0 Å². The topological polar surface area (TPSA) is 35.3 Å². The minimum atomic E-state index is -2.64. The number of aromatic nitrogens is 1. The molecule has 39 heavy (non-hydrogen) atoms. The number of benzene rings is 1. The third-order valence-corrected chi connectivity index (χ3v) is 28.5. The Bertz CT molecular complexity index is 884. The number of unbranched alkanes of at least 4 members (excludes halogenated alkanes) is 6. The molecule has 2 rings (SSSR count). The Balaban J connectivity index is 2.18. The third kappa shape index (κ3) is 11.3. The average Bonchev–Trinajstić information content (AvgIpc) is 3.40. The second kappa shape index (κ2) is 17.4. The summed E-state index contributed by atoms with van der Waals surface area (Å²) in [6.07, 6.45) is 17.1. The molecule has 1 unspecified atom stereocenters. The van der Waals surface area contributed by atoms with Crippen molar-refractivity contribution in [2.24, 2.45) is 0 Å². The molecular weight excluding hydrogens is 601 g/mol. The van der Waals surface area contributed by atoms with Gasteiger partial charge in [0.1, 0.15) is 0 Å². The van der Waals surface area contributed by atoms with E-state index in [1.807, 2.05) is 0 Å². The Kier molecular flexibility index (Phi) is 15.4. The van der Waals surface area contributed by atoms with Crippen molar-refractivity contribution in [2.75, 3.05) is 0 Å². The quantitative estimate of drug-likeness (QED) is 0.105. The van der Waals surface area contributed by atoms with Crippen molar-refractivity contribution in [1.82, 2.24) is 4.98 Å². The molecule has 0 amide bonds. The fraction of sp³-hybridized carbons (Fsp3) is 0.735. The number of hydrogen-bond donors (Lipinski definition) is 0. The molecule has 0 aliphatic carbocycles. The molecule has 5 heteroatoms. The molecule has 1 heterocycles. The number of aryl methyl sites for hydroxylation is 1. The fourth-order valence-electron chi connectivity index (χ4n) is 5.39. The molecular formula is C34H61NO2SiSn. The molecule has 0 saturated carbocycles. The molecule has 0 aliphatic heterocycles. The van der Waals surface area contributed by atoms with Gasteiger partial charge in [0.15, 0.2) is 0 Å². The number of rotatable bonds is 20. The van der Waals surface area contributed by atoms with Crippen molar-refractivity contribution in [3.63, 3.8) is 0 Å². The third-order valence-electron chi connectivity index (χ3n) is 9.12. The molecule has 2 aromatic rings. The van der Waals surface area contributed by atoms with Crippen LogP contribution in [-0.2, 0) is 10.8 Å². The summed E-state index contributed by atoms with van der Waals surface area (Å²) in [4.78, 5) is 5.01. The van der Waals surface area contributed by atoms with Crippen LogP contribution in [0.4, 0.5) is 0 Å². The van der Waals surface area contributed by atoms with Crippen LogP contribution < -0.4 is 3.78 Å². The van der Waals surface area contributed by atoms with Gasteiger partial charge in [-0.3, -0.25) is 0 Å². The van der Waals surface area contributed by atoms with Crippen molar-refractivity contribution >= 4 is 30.5 Å². The summed E-state index contributed by atoms with van der Waals surface area (Å²) in [5.74, 6) is 0.879. The van der Waals surface area contributed by atoms with E-state index in [0.717, 1.165) is 12.3 Å². The molecule has 0 saturated heterocycles. The minimum absolute atomic E-state index is 0.0127. The Morgan fingerprint density at radius 3 is 1.92 bits per heavy atom. The molecule has 0 N–H and O–H groups in total. The molecule has 0 fully saturated rings. The van der Waals surface area contributed by atoms with Crippen LogP contribution in [-0.4, -0.2) is 31.7 Å².